The van der Waals surface area contributed by atoms with Crippen LogP contribution in [0, 0.1) is 5.92 Å². The number of amides is 1. The normalized spacial score (nSPS) is 22.9. The van der Waals surface area contributed by atoms with Crippen LogP contribution < -0.4 is 10.6 Å². The number of ether oxygens (including phenoxy) is 1. The van der Waals surface area contributed by atoms with Gasteiger partial charge in [-0.1, -0.05) is 0 Å². The molecule has 1 saturated heterocycles. The Bertz CT molecular complexity index is 242. The summed E-state index contributed by atoms with van der Waals surface area (Å²) in [6, 6.07) is 0.176. The lowest BCUT2D eigenvalue weighted by Gasteiger charge is -2.27. The SMILES string of the molecule is CC(CC1CCCNC1)NC(=O)OC(C)(C)C. The molecule has 1 amide bonds. The Balaban J connectivity index is 2.23. The van der Waals surface area contributed by atoms with E-state index in [9.17, 15) is 4.79 Å². The zero-order valence-electron chi connectivity index (χ0n) is 11.5. The lowest BCUT2D eigenvalue weighted by atomic mass is 9.93. The number of hydrogen-bond donors (Lipinski definition) is 2. The topological polar surface area (TPSA) is 50.4 Å². The second-order valence-electron chi connectivity index (χ2n) is 6.00. The van der Waals surface area contributed by atoms with Crippen molar-refractivity contribution in [1.82, 2.24) is 10.6 Å². The van der Waals surface area contributed by atoms with Crippen molar-refractivity contribution in [2.24, 2.45) is 5.92 Å². The molecule has 4 nitrogen and oxygen atoms in total. The van der Waals surface area contributed by atoms with Gasteiger partial charge in [0.1, 0.15) is 5.60 Å². The Kier molecular flexibility index (Phi) is 5.25. The monoisotopic (exact) mass is 242 g/mol. The minimum absolute atomic E-state index is 0.176. The quantitative estimate of drug-likeness (QED) is 0.798. The Morgan fingerprint density at radius 2 is 2.24 bits per heavy atom. The van der Waals surface area contributed by atoms with Gasteiger partial charge in [0.05, 0.1) is 0 Å². The molecule has 0 radical (unpaired) electrons. The maximum Gasteiger partial charge on any atom is 0.407 e. The Hall–Kier alpha value is -0.770. The van der Waals surface area contributed by atoms with Crippen LogP contribution in [-0.4, -0.2) is 30.8 Å². The molecule has 100 valence electrons. The first kappa shape index (κ1) is 14.3. The van der Waals surface area contributed by atoms with E-state index >= 15 is 0 Å². The fraction of sp³-hybridized carbons (Fsp3) is 0.923. The summed E-state index contributed by atoms with van der Waals surface area (Å²) in [6.07, 6.45) is 3.21. The first-order valence-corrected chi connectivity index (χ1v) is 6.57. The minimum Gasteiger partial charge on any atom is -0.444 e. The predicted molar refractivity (Wildman–Crippen MR) is 69.0 cm³/mol. The first-order chi connectivity index (χ1) is 7.87. The third kappa shape index (κ3) is 6.51. The van der Waals surface area contributed by atoms with Crippen LogP contribution in [0.5, 0.6) is 0 Å². The number of nitrogens with one attached hydrogen (secondary N) is 2. The highest BCUT2D eigenvalue weighted by Gasteiger charge is 2.20. The van der Waals surface area contributed by atoms with Gasteiger partial charge >= 0.3 is 6.09 Å². The Labute approximate surface area is 104 Å². The van der Waals surface area contributed by atoms with E-state index in [0.29, 0.717) is 5.92 Å². The molecule has 0 aromatic rings. The average molecular weight is 242 g/mol. The highest BCUT2D eigenvalue weighted by atomic mass is 16.6. The summed E-state index contributed by atoms with van der Waals surface area (Å²) in [5.74, 6) is 0.675. The van der Waals surface area contributed by atoms with Crippen molar-refractivity contribution >= 4 is 6.09 Å². The van der Waals surface area contributed by atoms with Crippen molar-refractivity contribution in [1.29, 1.82) is 0 Å². The number of alkyl carbamates (subject to hydrolysis) is 1. The van der Waals surface area contributed by atoms with E-state index in [1.165, 1.54) is 12.8 Å². The summed E-state index contributed by atoms with van der Waals surface area (Å²) in [4.78, 5) is 11.6. The van der Waals surface area contributed by atoms with Gasteiger partial charge in [-0.3, -0.25) is 0 Å². The highest BCUT2D eigenvalue weighted by Crippen LogP contribution is 2.16. The standard InChI is InChI=1S/C13H26N2O2/c1-10(8-11-6-5-7-14-9-11)15-12(16)17-13(2,3)4/h10-11,14H,5-9H2,1-4H3,(H,15,16). The van der Waals surface area contributed by atoms with E-state index in [2.05, 4.69) is 10.6 Å². The van der Waals surface area contributed by atoms with E-state index < -0.39 is 5.60 Å². The second kappa shape index (κ2) is 6.24. The molecule has 2 unspecified atom stereocenters. The number of piperidine rings is 1. The van der Waals surface area contributed by atoms with Crippen molar-refractivity contribution in [2.75, 3.05) is 13.1 Å². The molecule has 1 fully saturated rings. The van der Waals surface area contributed by atoms with Crippen molar-refractivity contribution in [2.45, 2.75) is 58.6 Å². The molecule has 2 N–H and O–H groups in total. The van der Waals surface area contributed by atoms with E-state index in [-0.39, 0.29) is 12.1 Å². The summed E-state index contributed by atoms with van der Waals surface area (Å²) < 4.78 is 5.23. The van der Waals surface area contributed by atoms with Crippen molar-refractivity contribution in [3.8, 4) is 0 Å². The van der Waals surface area contributed by atoms with Gasteiger partial charge < -0.3 is 15.4 Å². The third-order valence-electron chi connectivity index (χ3n) is 2.85. The van der Waals surface area contributed by atoms with E-state index in [0.717, 1.165) is 19.5 Å². The maximum absolute atomic E-state index is 11.6. The molecular formula is C13H26N2O2. The van der Waals surface area contributed by atoms with E-state index in [1.54, 1.807) is 0 Å². The summed E-state index contributed by atoms with van der Waals surface area (Å²) in [7, 11) is 0. The molecule has 1 rings (SSSR count). The molecule has 0 bridgehead atoms. The molecule has 2 atom stereocenters. The number of carbonyl (C=O) groups is 1. The number of hydrogen-bond acceptors (Lipinski definition) is 3. The lowest BCUT2D eigenvalue weighted by molar-refractivity contribution is 0.0501. The molecule has 17 heavy (non-hydrogen) atoms. The third-order valence-corrected chi connectivity index (χ3v) is 2.85. The summed E-state index contributed by atoms with van der Waals surface area (Å²) >= 11 is 0. The minimum atomic E-state index is -0.420. The molecule has 1 heterocycles. The molecule has 0 aromatic heterocycles. The second-order valence-corrected chi connectivity index (χ2v) is 6.00. The molecule has 1 aliphatic heterocycles. The zero-order valence-corrected chi connectivity index (χ0v) is 11.5. The Morgan fingerprint density at radius 1 is 1.53 bits per heavy atom. The van der Waals surface area contributed by atoms with Crippen molar-refractivity contribution < 1.29 is 9.53 Å². The average Bonchev–Trinajstić information content (AvgIpc) is 2.15. The summed E-state index contributed by atoms with van der Waals surface area (Å²) in [6.45, 7) is 9.87. The molecule has 0 saturated carbocycles. The highest BCUT2D eigenvalue weighted by molar-refractivity contribution is 5.67. The van der Waals surface area contributed by atoms with Gasteiger partial charge in [0.25, 0.3) is 0 Å². The maximum atomic E-state index is 11.6. The van der Waals surface area contributed by atoms with E-state index in [4.69, 9.17) is 4.74 Å². The molecule has 0 aromatic carbocycles. The summed E-state index contributed by atoms with van der Waals surface area (Å²) in [5, 5.41) is 6.28. The molecular weight excluding hydrogens is 216 g/mol. The summed E-state index contributed by atoms with van der Waals surface area (Å²) in [5.41, 5.74) is -0.420. The zero-order chi connectivity index (χ0) is 12.9. The van der Waals surface area contributed by atoms with Crippen LogP contribution >= 0.6 is 0 Å². The van der Waals surface area contributed by atoms with Gasteiger partial charge in [-0.05, 0) is 66.0 Å². The van der Waals surface area contributed by atoms with Crippen molar-refractivity contribution in [3.63, 3.8) is 0 Å². The largest absolute Gasteiger partial charge is 0.444 e. The fourth-order valence-corrected chi connectivity index (χ4v) is 2.19. The Morgan fingerprint density at radius 3 is 2.76 bits per heavy atom. The molecule has 0 spiro atoms. The first-order valence-electron chi connectivity index (χ1n) is 6.57. The molecule has 1 aliphatic rings. The van der Waals surface area contributed by atoms with Crippen LogP contribution in [0.25, 0.3) is 0 Å². The van der Waals surface area contributed by atoms with Crippen LogP contribution in [0.2, 0.25) is 0 Å². The van der Waals surface area contributed by atoms with Gasteiger partial charge in [-0.2, -0.15) is 0 Å². The molecule has 0 aliphatic carbocycles. The van der Waals surface area contributed by atoms with Gasteiger partial charge in [0.2, 0.25) is 0 Å². The number of rotatable bonds is 3. The van der Waals surface area contributed by atoms with Crippen LogP contribution in [0.3, 0.4) is 0 Å². The smallest absolute Gasteiger partial charge is 0.407 e. The van der Waals surface area contributed by atoms with Crippen molar-refractivity contribution in [3.05, 3.63) is 0 Å². The van der Waals surface area contributed by atoms with Gasteiger partial charge in [-0.15, -0.1) is 0 Å². The van der Waals surface area contributed by atoms with Crippen LogP contribution in [0.15, 0.2) is 0 Å². The lowest BCUT2D eigenvalue weighted by Crippen LogP contribution is -2.40. The van der Waals surface area contributed by atoms with E-state index in [1.807, 2.05) is 27.7 Å². The van der Waals surface area contributed by atoms with Gasteiger partial charge in [0.15, 0.2) is 0 Å². The van der Waals surface area contributed by atoms with Crippen LogP contribution in [0.1, 0.15) is 47.0 Å². The molecule has 4 heteroatoms. The van der Waals surface area contributed by atoms with Gasteiger partial charge in [-0.25, -0.2) is 4.79 Å². The van der Waals surface area contributed by atoms with Crippen LogP contribution in [0.4, 0.5) is 4.79 Å². The van der Waals surface area contributed by atoms with Gasteiger partial charge in [0, 0.05) is 6.04 Å². The number of carbonyl (C=O) groups excluding carboxylic acids is 1. The fourth-order valence-electron chi connectivity index (χ4n) is 2.19. The predicted octanol–water partition coefficient (Wildman–Crippen LogP) is 2.29. The van der Waals surface area contributed by atoms with Crippen LogP contribution in [-0.2, 0) is 4.74 Å².